The van der Waals surface area contributed by atoms with Gasteiger partial charge in [-0.3, -0.25) is 0 Å². The van der Waals surface area contributed by atoms with Crippen molar-refractivity contribution < 1.29 is 14.2 Å². The van der Waals surface area contributed by atoms with Crippen LogP contribution in [0.1, 0.15) is 52.4 Å². The summed E-state index contributed by atoms with van der Waals surface area (Å²) >= 11 is 0. The minimum absolute atomic E-state index is 0.357. The van der Waals surface area contributed by atoms with Gasteiger partial charge in [0.05, 0.1) is 18.8 Å². The molecule has 20 heavy (non-hydrogen) atoms. The molecule has 0 radical (unpaired) electrons. The topological polar surface area (TPSA) is 27.7 Å². The van der Waals surface area contributed by atoms with E-state index in [0.717, 1.165) is 32.3 Å². The predicted molar refractivity (Wildman–Crippen MR) is 78.8 cm³/mol. The molecule has 0 bridgehead atoms. The summed E-state index contributed by atoms with van der Waals surface area (Å²) in [6.07, 6.45) is 8.21. The quantitative estimate of drug-likeness (QED) is 0.791. The van der Waals surface area contributed by atoms with Crippen molar-refractivity contribution in [3.63, 3.8) is 0 Å². The number of rotatable bonds is 4. The molecule has 0 saturated carbocycles. The fraction of sp³-hybridized carbons (Fsp3) is 1.00. The molecule has 3 aliphatic heterocycles. The van der Waals surface area contributed by atoms with Gasteiger partial charge in [-0.15, -0.1) is 0 Å². The van der Waals surface area contributed by atoms with Gasteiger partial charge in [0.1, 0.15) is 0 Å². The first-order chi connectivity index (χ1) is 9.63. The van der Waals surface area contributed by atoms with Gasteiger partial charge < -0.3 is 14.2 Å². The lowest BCUT2D eigenvalue weighted by Crippen LogP contribution is -2.27. The van der Waals surface area contributed by atoms with Gasteiger partial charge in [0.2, 0.25) is 0 Å². The van der Waals surface area contributed by atoms with E-state index in [1.165, 1.54) is 38.5 Å². The highest BCUT2D eigenvalue weighted by molar-refractivity contribution is 4.86. The molecule has 3 saturated heterocycles. The van der Waals surface area contributed by atoms with Gasteiger partial charge in [-0.2, -0.15) is 0 Å². The first-order valence-corrected chi connectivity index (χ1v) is 8.44. The van der Waals surface area contributed by atoms with Crippen LogP contribution in [0.4, 0.5) is 0 Å². The molecular formula is C17H30O3. The first-order valence-electron chi connectivity index (χ1n) is 8.44. The first kappa shape index (κ1) is 14.8. The minimum Gasteiger partial charge on any atom is -0.381 e. The zero-order valence-electron chi connectivity index (χ0n) is 13.1. The molecule has 0 spiro atoms. The van der Waals surface area contributed by atoms with E-state index < -0.39 is 0 Å². The third-order valence-electron chi connectivity index (χ3n) is 5.41. The highest BCUT2D eigenvalue weighted by Crippen LogP contribution is 2.38. The van der Waals surface area contributed by atoms with Crippen LogP contribution in [0.5, 0.6) is 0 Å². The van der Waals surface area contributed by atoms with Crippen molar-refractivity contribution in [2.75, 3.05) is 26.4 Å². The standard InChI is InChI=1S/C17H30O3/c1-13-3-5-19-15(7-13)8-14-9-16(20-11-14)10-17(2)4-6-18-12-17/h13-16H,3-12H2,1-2H3/t13-,14?,15?,16?,17+/m1/s1. The average molecular weight is 282 g/mol. The van der Waals surface area contributed by atoms with Gasteiger partial charge in [0, 0.05) is 19.8 Å². The zero-order chi connectivity index (χ0) is 14.0. The Balaban J connectivity index is 1.42. The van der Waals surface area contributed by atoms with Gasteiger partial charge in [-0.1, -0.05) is 13.8 Å². The molecular weight excluding hydrogens is 252 g/mol. The molecule has 3 nitrogen and oxygen atoms in total. The summed E-state index contributed by atoms with van der Waals surface area (Å²) in [4.78, 5) is 0. The Morgan fingerprint density at radius 2 is 2.00 bits per heavy atom. The van der Waals surface area contributed by atoms with E-state index in [1.54, 1.807) is 0 Å². The number of hydrogen-bond acceptors (Lipinski definition) is 3. The molecule has 3 fully saturated rings. The molecule has 0 aromatic heterocycles. The van der Waals surface area contributed by atoms with E-state index in [4.69, 9.17) is 14.2 Å². The summed E-state index contributed by atoms with van der Waals surface area (Å²) in [7, 11) is 0. The van der Waals surface area contributed by atoms with Crippen LogP contribution in [-0.4, -0.2) is 38.6 Å². The Bertz CT molecular complexity index is 311. The van der Waals surface area contributed by atoms with Gasteiger partial charge in [-0.05, 0) is 55.8 Å². The maximum absolute atomic E-state index is 6.05. The molecule has 3 heteroatoms. The van der Waals surface area contributed by atoms with Gasteiger partial charge in [0.15, 0.2) is 0 Å². The van der Waals surface area contributed by atoms with Crippen LogP contribution < -0.4 is 0 Å². The summed E-state index contributed by atoms with van der Waals surface area (Å²) in [6, 6.07) is 0. The molecule has 5 atom stereocenters. The molecule has 3 aliphatic rings. The summed E-state index contributed by atoms with van der Waals surface area (Å²) in [5, 5.41) is 0. The van der Waals surface area contributed by atoms with E-state index in [-0.39, 0.29) is 0 Å². The highest BCUT2D eigenvalue weighted by atomic mass is 16.5. The van der Waals surface area contributed by atoms with Crippen LogP contribution in [0.2, 0.25) is 0 Å². The molecule has 116 valence electrons. The zero-order valence-corrected chi connectivity index (χ0v) is 13.1. The lowest BCUT2D eigenvalue weighted by atomic mass is 9.82. The summed E-state index contributed by atoms with van der Waals surface area (Å²) in [6.45, 7) is 8.45. The third kappa shape index (κ3) is 3.75. The third-order valence-corrected chi connectivity index (χ3v) is 5.41. The van der Waals surface area contributed by atoms with Crippen LogP contribution in [0.25, 0.3) is 0 Å². The van der Waals surface area contributed by atoms with Gasteiger partial charge in [-0.25, -0.2) is 0 Å². The normalized spacial score (nSPS) is 45.9. The Morgan fingerprint density at radius 1 is 1.10 bits per heavy atom. The SMILES string of the molecule is C[C@@H]1CCOC(CC2COC(C[C@]3(C)CCOC3)C2)C1. The van der Waals surface area contributed by atoms with Crippen molar-refractivity contribution in [3.8, 4) is 0 Å². The van der Waals surface area contributed by atoms with Crippen LogP contribution in [0.15, 0.2) is 0 Å². The average Bonchev–Trinajstić information content (AvgIpc) is 3.00. The van der Waals surface area contributed by atoms with Crippen molar-refractivity contribution in [2.24, 2.45) is 17.3 Å². The van der Waals surface area contributed by atoms with Crippen LogP contribution in [0, 0.1) is 17.3 Å². The Kier molecular flexibility index (Phi) is 4.68. The maximum Gasteiger partial charge on any atom is 0.0584 e. The lowest BCUT2D eigenvalue weighted by molar-refractivity contribution is -0.0188. The number of ether oxygens (including phenoxy) is 3. The summed E-state index contributed by atoms with van der Waals surface area (Å²) < 4.78 is 17.5. The molecule has 3 heterocycles. The lowest BCUT2D eigenvalue weighted by Gasteiger charge is -2.29. The molecule has 3 rings (SSSR count). The molecule has 0 aromatic carbocycles. The van der Waals surface area contributed by atoms with Crippen LogP contribution in [-0.2, 0) is 14.2 Å². The second-order valence-corrected chi connectivity index (χ2v) is 7.73. The van der Waals surface area contributed by atoms with E-state index in [2.05, 4.69) is 13.8 Å². The molecule has 3 unspecified atom stereocenters. The van der Waals surface area contributed by atoms with E-state index >= 15 is 0 Å². The van der Waals surface area contributed by atoms with Crippen molar-refractivity contribution in [1.82, 2.24) is 0 Å². The molecule has 0 aliphatic carbocycles. The smallest absolute Gasteiger partial charge is 0.0584 e. The molecule has 0 N–H and O–H groups in total. The Labute approximate surface area is 123 Å². The van der Waals surface area contributed by atoms with Crippen molar-refractivity contribution >= 4 is 0 Å². The van der Waals surface area contributed by atoms with Crippen LogP contribution >= 0.6 is 0 Å². The summed E-state index contributed by atoms with van der Waals surface area (Å²) in [5.41, 5.74) is 0.357. The van der Waals surface area contributed by atoms with Crippen molar-refractivity contribution in [3.05, 3.63) is 0 Å². The van der Waals surface area contributed by atoms with Gasteiger partial charge in [0.25, 0.3) is 0 Å². The van der Waals surface area contributed by atoms with Crippen molar-refractivity contribution in [1.29, 1.82) is 0 Å². The largest absolute Gasteiger partial charge is 0.381 e. The minimum atomic E-state index is 0.357. The monoisotopic (exact) mass is 282 g/mol. The fourth-order valence-electron chi connectivity index (χ4n) is 4.11. The Morgan fingerprint density at radius 3 is 2.75 bits per heavy atom. The number of hydrogen-bond donors (Lipinski definition) is 0. The second-order valence-electron chi connectivity index (χ2n) is 7.73. The fourth-order valence-corrected chi connectivity index (χ4v) is 4.11. The summed E-state index contributed by atoms with van der Waals surface area (Å²) in [5.74, 6) is 1.54. The van der Waals surface area contributed by atoms with Crippen molar-refractivity contribution in [2.45, 2.75) is 64.6 Å². The second kappa shape index (κ2) is 6.33. The van der Waals surface area contributed by atoms with E-state index in [1.807, 2.05) is 0 Å². The van der Waals surface area contributed by atoms with E-state index in [9.17, 15) is 0 Å². The highest BCUT2D eigenvalue weighted by Gasteiger charge is 2.37. The maximum atomic E-state index is 6.05. The molecule has 0 aromatic rings. The predicted octanol–water partition coefficient (Wildman–Crippen LogP) is 3.41. The molecule has 0 amide bonds. The van der Waals surface area contributed by atoms with Crippen LogP contribution in [0.3, 0.4) is 0 Å². The van der Waals surface area contributed by atoms with Gasteiger partial charge >= 0.3 is 0 Å². The Hall–Kier alpha value is -0.120. The van der Waals surface area contributed by atoms with E-state index in [0.29, 0.717) is 23.5 Å².